The number of pyridine rings is 1. The van der Waals surface area contributed by atoms with Crippen LogP contribution < -0.4 is 0 Å². The van der Waals surface area contributed by atoms with Gasteiger partial charge in [0.05, 0.1) is 5.02 Å². The van der Waals surface area contributed by atoms with Crippen molar-refractivity contribution >= 4 is 29.0 Å². The monoisotopic (exact) mass is 323 g/mol. The summed E-state index contributed by atoms with van der Waals surface area (Å²) < 4.78 is 5.40. The largest absolute Gasteiger partial charge is 0.373 e. The normalized spacial score (nSPS) is 10.6. The predicted octanol–water partition coefficient (Wildman–Crippen LogP) is 4.22. The van der Waals surface area contributed by atoms with Crippen molar-refractivity contribution in [2.75, 3.05) is 13.2 Å². The molecule has 0 fully saturated rings. The van der Waals surface area contributed by atoms with Gasteiger partial charge in [-0.1, -0.05) is 23.2 Å². The van der Waals surface area contributed by atoms with E-state index in [9.17, 15) is 4.79 Å². The summed E-state index contributed by atoms with van der Waals surface area (Å²) in [6.07, 6.45) is 5.29. The van der Waals surface area contributed by atoms with E-state index in [1.807, 2.05) is 12.1 Å². The number of nitrogens with zero attached hydrogens (tertiary/aromatic N) is 1. The zero-order valence-electron chi connectivity index (χ0n) is 11.4. The Labute approximate surface area is 133 Å². The topological polar surface area (TPSA) is 39.2 Å². The maximum absolute atomic E-state index is 11.9. The molecule has 0 aliphatic carbocycles. The highest BCUT2D eigenvalue weighted by Gasteiger charge is 2.10. The summed E-state index contributed by atoms with van der Waals surface area (Å²) in [5, 5.41) is 0.864. The molecule has 0 atom stereocenters. The van der Waals surface area contributed by atoms with Gasteiger partial charge in [0.15, 0.2) is 5.78 Å². The first kappa shape index (κ1) is 16.0. The highest BCUT2D eigenvalue weighted by molar-refractivity contribution is 6.36. The quantitative estimate of drug-likeness (QED) is 0.565. The van der Waals surface area contributed by atoms with Gasteiger partial charge in [-0.05, 0) is 48.7 Å². The summed E-state index contributed by atoms with van der Waals surface area (Å²) >= 11 is 11.8. The van der Waals surface area contributed by atoms with Crippen molar-refractivity contribution in [3.63, 3.8) is 0 Å². The number of carbonyl (C=O) groups excluding carboxylic acids is 1. The molecular weight excluding hydrogens is 309 g/mol. The fraction of sp³-hybridized carbons (Fsp3) is 0.250. The first-order valence-electron chi connectivity index (χ1n) is 6.61. The Balaban J connectivity index is 1.72. The van der Waals surface area contributed by atoms with Gasteiger partial charge in [0.2, 0.25) is 0 Å². The van der Waals surface area contributed by atoms with Crippen LogP contribution in [0.3, 0.4) is 0 Å². The van der Waals surface area contributed by atoms with Crippen LogP contribution in [0.2, 0.25) is 10.0 Å². The summed E-state index contributed by atoms with van der Waals surface area (Å²) in [4.78, 5) is 15.9. The Morgan fingerprint density at radius 3 is 2.62 bits per heavy atom. The van der Waals surface area contributed by atoms with Crippen LogP contribution in [-0.4, -0.2) is 24.0 Å². The predicted molar refractivity (Wildman–Crippen MR) is 84.2 cm³/mol. The van der Waals surface area contributed by atoms with E-state index in [2.05, 4.69) is 4.98 Å². The number of ketones is 1. The summed E-state index contributed by atoms with van der Waals surface area (Å²) in [5.41, 5.74) is 1.65. The maximum atomic E-state index is 11.9. The molecule has 2 rings (SSSR count). The smallest absolute Gasteiger partial charge is 0.189 e. The molecule has 1 heterocycles. The van der Waals surface area contributed by atoms with E-state index in [0.717, 1.165) is 12.8 Å². The van der Waals surface area contributed by atoms with Crippen LogP contribution in [0.5, 0.6) is 0 Å². The third-order valence-corrected chi connectivity index (χ3v) is 3.52. The van der Waals surface area contributed by atoms with Crippen molar-refractivity contribution in [3.8, 4) is 0 Å². The summed E-state index contributed by atoms with van der Waals surface area (Å²) in [6, 6.07) is 8.76. The molecule has 0 aliphatic heterocycles. The Morgan fingerprint density at radius 1 is 1.14 bits per heavy atom. The number of benzene rings is 1. The number of aromatic nitrogens is 1. The van der Waals surface area contributed by atoms with Crippen molar-refractivity contribution in [2.45, 2.75) is 12.8 Å². The van der Waals surface area contributed by atoms with Gasteiger partial charge in [0.25, 0.3) is 0 Å². The molecule has 0 N–H and O–H groups in total. The van der Waals surface area contributed by atoms with Gasteiger partial charge in [-0.2, -0.15) is 0 Å². The van der Waals surface area contributed by atoms with Gasteiger partial charge < -0.3 is 4.74 Å². The van der Waals surface area contributed by atoms with Crippen LogP contribution in [0.4, 0.5) is 0 Å². The van der Waals surface area contributed by atoms with Crippen LogP contribution in [0.1, 0.15) is 22.3 Å². The van der Waals surface area contributed by atoms with Gasteiger partial charge in [0.1, 0.15) is 6.61 Å². The van der Waals surface area contributed by atoms with Gasteiger partial charge >= 0.3 is 0 Å². The van der Waals surface area contributed by atoms with E-state index in [4.69, 9.17) is 27.9 Å². The fourth-order valence-corrected chi connectivity index (χ4v) is 2.40. The average molecular weight is 324 g/mol. The number of hydrogen-bond donors (Lipinski definition) is 0. The lowest BCUT2D eigenvalue weighted by atomic mass is 10.1. The van der Waals surface area contributed by atoms with Crippen molar-refractivity contribution in [2.24, 2.45) is 0 Å². The van der Waals surface area contributed by atoms with E-state index >= 15 is 0 Å². The molecule has 21 heavy (non-hydrogen) atoms. The molecule has 0 unspecified atom stereocenters. The number of aryl methyl sites for hydroxylation is 1. The third kappa shape index (κ3) is 5.12. The number of Topliss-reactive ketones (excluding diaryl/α,β-unsaturated/α-hetero) is 1. The lowest BCUT2D eigenvalue weighted by Gasteiger charge is -2.06. The summed E-state index contributed by atoms with van der Waals surface area (Å²) in [7, 11) is 0. The molecule has 0 aliphatic rings. The third-order valence-electron chi connectivity index (χ3n) is 2.97. The second kappa shape index (κ2) is 8.13. The van der Waals surface area contributed by atoms with E-state index < -0.39 is 0 Å². The van der Waals surface area contributed by atoms with Crippen molar-refractivity contribution in [1.82, 2.24) is 4.98 Å². The molecule has 5 heteroatoms. The Bertz CT molecular complexity index is 602. The van der Waals surface area contributed by atoms with E-state index in [1.165, 1.54) is 5.56 Å². The number of carbonyl (C=O) groups is 1. The van der Waals surface area contributed by atoms with Gasteiger partial charge in [-0.15, -0.1) is 0 Å². The van der Waals surface area contributed by atoms with Crippen molar-refractivity contribution in [3.05, 3.63) is 63.9 Å². The molecule has 3 nitrogen and oxygen atoms in total. The van der Waals surface area contributed by atoms with Gasteiger partial charge in [0, 0.05) is 29.6 Å². The highest BCUT2D eigenvalue weighted by atomic mass is 35.5. The fourth-order valence-electron chi connectivity index (χ4n) is 1.89. The number of hydrogen-bond acceptors (Lipinski definition) is 3. The van der Waals surface area contributed by atoms with E-state index in [1.54, 1.807) is 30.6 Å². The summed E-state index contributed by atoms with van der Waals surface area (Å²) in [5.74, 6) is -0.138. The lowest BCUT2D eigenvalue weighted by molar-refractivity contribution is 0.0756. The molecular formula is C16H15Cl2NO2. The highest BCUT2D eigenvalue weighted by Crippen LogP contribution is 2.21. The maximum Gasteiger partial charge on any atom is 0.189 e. The van der Waals surface area contributed by atoms with E-state index in [0.29, 0.717) is 22.2 Å². The number of rotatable bonds is 7. The molecule has 110 valence electrons. The number of ether oxygens (including phenoxy) is 1. The Hall–Kier alpha value is -1.42. The second-order valence-electron chi connectivity index (χ2n) is 4.56. The molecule has 0 saturated carbocycles. The van der Waals surface area contributed by atoms with Crippen LogP contribution in [-0.2, 0) is 11.2 Å². The molecule has 0 radical (unpaired) electrons. The Morgan fingerprint density at radius 2 is 1.90 bits per heavy atom. The molecule has 0 amide bonds. The standard InChI is InChI=1S/C16H15Cl2NO2/c17-13-3-4-14(15(18)10-13)16(20)11-21-9-1-2-12-5-7-19-8-6-12/h3-8,10H,1-2,9,11H2. The second-order valence-corrected chi connectivity index (χ2v) is 5.40. The van der Waals surface area contributed by atoms with Gasteiger partial charge in [-0.3, -0.25) is 9.78 Å². The van der Waals surface area contributed by atoms with Crippen LogP contribution in [0, 0.1) is 0 Å². The van der Waals surface area contributed by atoms with Crippen LogP contribution in [0.15, 0.2) is 42.7 Å². The number of halogens is 2. The lowest BCUT2D eigenvalue weighted by Crippen LogP contribution is -2.10. The SMILES string of the molecule is O=C(COCCCc1ccncc1)c1ccc(Cl)cc1Cl. The van der Waals surface area contributed by atoms with Crippen molar-refractivity contribution in [1.29, 1.82) is 0 Å². The molecule has 0 saturated heterocycles. The van der Waals surface area contributed by atoms with Crippen LogP contribution >= 0.6 is 23.2 Å². The minimum atomic E-state index is -0.138. The average Bonchev–Trinajstić information content (AvgIpc) is 2.47. The van der Waals surface area contributed by atoms with Crippen LogP contribution in [0.25, 0.3) is 0 Å². The molecule has 0 spiro atoms. The minimum Gasteiger partial charge on any atom is -0.373 e. The first-order valence-corrected chi connectivity index (χ1v) is 7.37. The Kier molecular flexibility index (Phi) is 6.18. The van der Waals surface area contributed by atoms with Gasteiger partial charge in [-0.25, -0.2) is 0 Å². The zero-order chi connectivity index (χ0) is 15.1. The molecule has 1 aromatic heterocycles. The minimum absolute atomic E-state index is 0.0255. The zero-order valence-corrected chi connectivity index (χ0v) is 12.9. The van der Waals surface area contributed by atoms with Crippen molar-refractivity contribution < 1.29 is 9.53 Å². The van der Waals surface area contributed by atoms with E-state index in [-0.39, 0.29) is 12.4 Å². The first-order chi connectivity index (χ1) is 10.2. The summed E-state index contributed by atoms with van der Waals surface area (Å²) in [6.45, 7) is 0.553. The molecule has 1 aromatic carbocycles. The molecule has 2 aromatic rings. The molecule has 0 bridgehead atoms.